The highest BCUT2D eigenvalue weighted by atomic mass is 16.6. The Hall–Kier alpha value is -0.900. The second kappa shape index (κ2) is 4.55. The maximum atomic E-state index is 9.36. The highest BCUT2D eigenvalue weighted by Gasteiger charge is 2.27. The van der Waals surface area contributed by atoms with Crippen LogP contribution in [0.2, 0.25) is 0 Å². The number of benzene rings is 1. The molecular formula is C11H17NO2. The number of aliphatic hydroxyl groups excluding tert-OH is 1. The Kier molecular flexibility index (Phi) is 3.63. The van der Waals surface area contributed by atoms with Crippen molar-refractivity contribution in [1.82, 2.24) is 0 Å². The minimum Gasteiger partial charge on any atom is -0.395 e. The van der Waals surface area contributed by atoms with Crippen LogP contribution in [0.25, 0.3) is 0 Å². The van der Waals surface area contributed by atoms with Crippen LogP contribution < -0.4 is 5.90 Å². The summed E-state index contributed by atoms with van der Waals surface area (Å²) in [5.74, 6) is 5.07. The molecule has 0 fully saturated rings. The third-order valence-electron chi connectivity index (χ3n) is 2.55. The summed E-state index contributed by atoms with van der Waals surface area (Å²) in [6, 6.07) is 7.93. The summed E-state index contributed by atoms with van der Waals surface area (Å²) < 4.78 is 0. The average Bonchev–Trinajstić information content (AvgIpc) is 2.18. The van der Waals surface area contributed by atoms with Crippen molar-refractivity contribution in [2.45, 2.75) is 19.3 Å². The Labute approximate surface area is 84.5 Å². The van der Waals surface area contributed by atoms with Gasteiger partial charge in [0.2, 0.25) is 0 Å². The zero-order valence-corrected chi connectivity index (χ0v) is 8.66. The molecule has 3 N–H and O–H groups in total. The number of aryl methyl sites for hydroxylation is 1. The van der Waals surface area contributed by atoms with Crippen LogP contribution >= 0.6 is 0 Å². The molecule has 0 heterocycles. The molecule has 1 unspecified atom stereocenters. The van der Waals surface area contributed by atoms with Crippen molar-refractivity contribution in [1.29, 1.82) is 0 Å². The van der Waals surface area contributed by atoms with Gasteiger partial charge in [0.15, 0.2) is 0 Å². The molecule has 1 aromatic rings. The Morgan fingerprint density at radius 1 is 1.43 bits per heavy atom. The fraction of sp³-hybridized carbons (Fsp3) is 0.455. The van der Waals surface area contributed by atoms with E-state index < -0.39 is 5.41 Å². The highest BCUT2D eigenvalue weighted by molar-refractivity contribution is 5.33. The molecule has 0 aliphatic rings. The fourth-order valence-electron chi connectivity index (χ4n) is 1.64. The Balaban J connectivity index is 3.05. The standard InChI is InChI=1S/C11H17NO2/c1-9-5-3-4-6-10(9)11(2,7-13)8-14-12/h3-6,13H,7-8,12H2,1-2H3. The van der Waals surface area contributed by atoms with Gasteiger partial charge in [-0.3, -0.25) is 0 Å². The van der Waals surface area contributed by atoms with Crippen molar-refractivity contribution in [2.24, 2.45) is 5.90 Å². The minimum atomic E-state index is -0.417. The summed E-state index contributed by atoms with van der Waals surface area (Å²) in [4.78, 5) is 4.65. The van der Waals surface area contributed by atoms with E-state index in [2.05, 4.69) is 4.84 Å². The third-order valence-corrected chi connectivity index (χ3v) is 2.55. The van der Waals surface area contributed by atoms with Gasteiger partial charge in [0, 0.05) is 5.41 Å². The third kappa shape index (κ3) is 2.12. The lowest BCUT2D eigenvalue weighted by molar-refractivity contribution is 0.0592. The molecule has 0 amide bonds. The Morgan fingerprint density at radius 2 is 2.07 bits per heavy atom. The molecule has 3 nitrogen and oxygen atoms in total. The van der Waals surface area contributed by atoms with E-state index in [1.165, 1.54) is 0 Å². The largest absolute Gasteiger partial charge is 0.395 e. The topological polar surface area (TPSA) is 55.5 Å². The fourth-order valence-corrected chi connectivity index (χ4v) is 1.64. The monoisotopic (exact) mass is 195 g/mol. The molecule has 1 atom stereocenters. The van der Waals surface area contributed by atoms with Crippen LogP contribution in [0.4, 0.5) is 0 Å². The summed E-state index contributed by atoms with van der Waals surface area (Å²) in [6.45, 7) is 4.28. The molecular weight excluding hydrogens is 178 g/mol. The van der Waals surface area contributed by atoms with Crippen LogP contribution in [-0.4, -0.2) is 18.3 Å². The summed E-state index contributed by atoms with van der Waals surface area (Å²) >= 11 is 0. The second-order valence-electron chi connectivity index (χ2n) is 3.84. The Bertz CT molecular complexity index is 301. The SMILES string of the molecule is Cc1ccccc1C(C)(CO)CON. The molecule has 1 aromatic carbocycles. The summed E-state index contributed by atoms with van der Waals surface area (Å²) in [5.41, 5.74) is 1.80. The van der Waals surface area contributed by atoms with Crippen molar-refractivity contribution in [3.8, 4) is 0 Å². The van der Waals surface area contributed by atoms with E-state index in [1.807, 2.05) is 38.1 Å². The number of nitrogens with two attached hydrogens (primary N) is 1. The van der Waals surface area contributed by atoms with E-state index in [0.29, 0.717) is 6.61 Å². The van der Waals surface area contributed by atoms with Crippen molar-refractivity contribution < 1.29 is 9.94 Å². The van der Waals surface area contributed by atoms with Gasteiger partial charge in [-0.05, 0) is 18.1 Å². The second-order valence-corrected chi connectivity index (χ2v) is 3.84. The van der Waals surface area contributed by atoms with Crippen LogP contribution in [0.5, 0.6) is 0 Å². The minimum absolute atomic E-state index is 0.0229. The van der Waals surface area contributed by atoms with Crippen LogP contribution in [-0.2, 0) is 10.3 Å². The van der Waals surface area contributed by atoms with Crippen molar-refractivity contribution in [2.75, 3.05) is 13.2 Å². The molecule has 0 radical (unpaired) electrons. The maximum absolute atomic E-state index is 9.36. The first-order valence-electron chi connectivity index (χ1n) is 4.63. The highest BCUT2D eigenvalue weighted by Crippen LogP contribution is 2.26. The van der Waals surface area contributed by atoms with E-state index in [1.54, 1.807) is 0 Å². The number of hydrogen-bond donors (Lipinski definition) is 2. The first kappa shape index (κ1) is 11.2. The van der Waals surface area contributed by atoms with Crippen molar-refractivity contribution >= 4 is 0 Å². The first-order chi connectivity index (χ1) is 6.64. The molecule has 0 bridgehead atoms. The van der Waals surface area contributed by atoms with E-state index >= 15 is 0 Å². The Morgan fingerprint density at radius 3 is 2.57 bits per heavy atom. The molecule has 1 rings (SSSR count). The lowest BCUT2D eigenvalue weighted by Gasteiger charge is -2.28. The van der Waals surface area contributed by atoms with Gasteiger partial charge < -0.3 is 9.94 Å². The van der Waals surface area contributed by atoms with Gasteiger partial charge in [0.05, 0.1) is 13.2 Å². The molecule has 78 valence electrons. The van der Waals surface area contributed by atoms with Crippen molar-refractivity contribution in [3.63, 3.8) is 0 Å². The van der Waals surface area contributed by atoms with Crippen LogP contribution in [0, 0.1) is 6.92 Å². The predicted molar refractivity (Wildman–Crippen MR) is 55.8 cm³/mol. The molecule has 14 heavy (non-hydrogen) atoms. The van der Waals surface area contributed by atoms with Gasteiger partial charge >= 0.3 is 0 Å². The van der Waals surface area contributed by atoms with Crippen LogP contribution in [0.15, 0.2) is 24.3 Å². The van der Waals surface area contributed by atoms with E-state index in [-0.39, 0.29) is 6.61 Å². The quantitative estimate of drug-likeness (QED) is 0.708. The smallest absolute Gasteiger partial charge is 0.0795 e. The normalized spacial score (nSPS) is 15.1. The van der Waals surface area contributed by atoms with Gasteiger partial charge in [-0.25, -0.2) is 5.90 Å². The van der Waals surface area contributed by atoms with E-state index in [4.69, 9.17) is 5.90 Å². The molecule has 0 aromatic heterocycles. The lowest BCUT2D eigenvalue weighted by Crippen LogP contribution is -2.34. The summed E-state index contributed by atoms with van der Waals surface area (Å²) in [6.07, 6.45) is 0. The summed E-state index contributed by atoms with van der Waals surface area (Å²) in [7, 11) is 0. The van der Waals surface area contributed by atoms with Crippen LogP contribution in [0.3, 0.4) is 0 Å². The number of aliphatic hydroxyl groups is 1. The van der Waals surface area contributed by atoms with Gasteiger partial charge in [0.25, 0.3) is 0 Å². The molecule has 0 spiro atoms. The predicted octanol–water partition coefficient (Wildman–Crippen LogP) is 1.14. The summed E-state index contributed by atoms with van der Waals surface area (Å²) in [5, 5.41) is 9.36. The molecule has 0 saturated heterocycles. The molecule has 0 aliphatic carbocycles. The first-order valence-corrected chi connectivity index (χ1v) is 4.63. The zero-order chi connectivity index (χ0) is 10.6. The van der Waals surface area contributed by atoms with Gasteiger partial charge in [0.1, 0.15) is 0 Å². The van der Waals surface area contributed by atoms with E-state index in [9.17, 15) is 5.11 Å². The molecule has 3 heteroatoms. The van der Waals surface area contributed by atoms with Crippen LogP contribution in [0.1, 0.15) is 18.1 Å². The average molecular weight is 195 g/mol. The zero-order valence-electron chi connectivity index (χ0n) is 8.66. The lowest BCUT2D eigenvalue weighted by atomic mass is 9.82. The van der Waals surface area contributed by atoms with E-state index in [0.717, 1.165) is 11.1 Å². The number of hydrogen-bond acceptors (Lipinski definition) is 3. The van der Waals surface area contributed by atoms with Gasteiger partial charge in [-0.2, -0.15) is 0 Å². The van der Waals surface area contributed by atoms with Gasteiger partial charge in [-0.15, -0.1) is 0 Å². The maximum Gasteiger partial charge on any atom is 0.0795 e. The van der Waals surface area contributed by atoms with Gasteiger partial charge in [-0.1, -0.05) is 31.2 Å². The number of rotatable bonds is 4. The molecule has 0 aliphatic heterocycles. The molecule has 0 saturated carbocycles. The van der Waals surface area contributed by atoms with Crippen molar-refractivity contribution in [3.05, 3.63) is 35.4 Å².